The molecule has 0 aromatic rings. The predicted molar refractivity (Wildman–Crippen MR) is 99.0 cm³/mol. The van der Waals surface area contributed by atoms with Crippen molar-refractivity contribution in [3.05, 3.63) is 0 Å². The van der Waals surface area contributed by atoms with E-state index in [4.69, 9.17) is 9.29 Å². The molecule has 4 rings (SSSR count). The number of hydrogen-bond acceptors (Lipinski definition) is 7. The molecule has 6 unspecified atom stereocenters. The molecule has 1 heterocycles. The van der Waals surface area contributed by atoms with Crippen LogP contribution in [0, 0.1) is 29.6 Å². The van der Waals surface area contributed by atoms with Crippen molar-refractivity contribution in [1.82, 2.24) is 4.90 Å². The molecule has 12 heteroatoms. The number of ether oxygens (including phenoxy) is 2. The molecule has 1 saturated heterocycles. The summed E-state index contributed by atoms with van der Waals surface area (Å²) in [7, 11) is -5.77. The van der Waals surface area contributed by atoms with Crippen molar-refractivity contribution in [3.63, 3.8) is 0 Å². The molecule has 4 aliphatic rings. The Morgan fingerprint density at radius 2 is 1.77 bits per heavy atom. The molecule has 1 N–H and O–H groups in total. The van der Waals surface area contributed by atoms with Gasteiger partial charge in [0.25, 0.3) is 0 Å². The first kappa shape index (κ1) is 22.4. The standard InChI is InChI=1S/C19H25F2NO8S/c1-18(2,3)22-13-9-6-10(14(13)30-16(24)8-4-5-8)12(11(9)15(22)23)17(25)29-7-19(20,21)31(26,27)28/h8-14H,4-7H2,1-3H3,(H,26,27,28). The van der Waals surface area contributed by atoms with Gasteiger partial charge in [-0.05, 0) is 46.0 Å². The van der Waals surface area contributed by atoms with E-state index in [2.05, 4.69) is 4.74 Å². The number of esters is 2. The van der Waals surface area contributed by atoms with Crippen molar-refractivity contribution >= 4 is 28.0 Å². The first-order chi connectivity index (χ1) is 14.1. The SMILES string of the molecule is CC(C)(C)N1C(=O)C2C3CC(C(OC(=O)C4CC4)C31)C2C(=O)OCC(F)(F)S(=O)(=O)O. The molecule has 3 saturated carbocycles. The second-order valence-electron chi connectivity index (χ2n) is 9.88. The van der Waals surface area contributed by atoms with Crippen LogP contribution in [0.15, 0.2) is 0 Å². The third-order valence-electron chi connectivity index (χ3n) is 6.79. The number of likely N-dealkylation sites (tertiary alicyclic amines) is 1. The zero-order chi connectivity index (χ0) is 23.1. The summed E-state index contributed by atoms with van der Waals surface area (Å²) in [5, 5.41) is -4.67. The molecular formula is C19H25F2NO8S. The second-order valence-corrected chi connectivity index (χ2v) is 11.4. The van der Waals surface area contributed by atoms with Crippen molar-refractivity contribution in [3.8, 4) is 0 Å². The lowest BCUT2D eigenvalue weighted by molar-refractivity contribution is -0.167. The van der Waals surface area contributed by atoms with Gasteiger partial charge in [-0.2, -0.15) is 17.2 Å². The lowest BCUT2D eigenvalue weighted by Crippen LogP contribution is -2.53. The highest BCUT2D eigenvalue weighted by Gasteiger charge is 2.72. The van der Waals surface area contributed by atoms with Gasteiger partial charge in [0.2, 0.25) is 5.91 Å². The molecule has 4 fully saturated rings. The van der Waals surface area contributed by atoms with Crippen LogP contribution in [0.4, 0.5) is 8.78 Å². The summed E-state index contributed by atoms with van der Waals surface area (Å²) in [5.74, 6) is -4.91. The van der Waals surface area contributed by atoms with Crippen LogP contribution in [0.1, 0.15) is 40.0 Å². The van der Waals surface area contributed by atoms with Gasteiger partial charge in [0.1, 0.15) is 6.10 Å². The van der Waals surface area contributed by atoms with Gasteiger partial charge in [-0.15, -0.1) is 0 Å². The van der Waals surface area contributed by atoms with Crippen LogP contribution in [-0.4, -0.2) is 65.3 Å². The van der Waals surface area contributed by atoms with Gasteiger partial charge in [0.15, 0.2) is 6.61 Å². The van der Waals surface area contributed by atoms with Crippen molar-refractivity contribution in [1.29, 1.82) is 0 Å². The van der Waals surface area contributed by atoms with Gasteiger partial charge in [-0.1, -0.05) is 0 Å². The highest BCUT2D eigenvalue weighted by atomic mass is 32.2. The Hall–Kier alpha value is -1.82. The van der Waals surface area contributed by atoms with E-state index in [1.807, 2.05) is 20.8 Å². The molecule has 1 amide bonds. The van der Waals surface area contributed by atoms with E-state index in [9.17, 15) is 31.6 Å². The minimum absolute atomic E-state index is 0.200. The van der Waals surface area contributed by atoms with E-state index in [0.29, 0.717) is 19.3 Å². The van der Waals surface area contributed by atoms with E-state index in [-0.39, 0.29) is 17.7 Å². The molecule has 1 aliphatic heterocycles. The Kier molecular flexibility index (Phi) is 4.94. The fourth-order valence-corrected chi connectivity index (χ4v) is 5.65. The van der Waals surface area contributed by atoms with Gasteiger partial charge >= 0.3 is 27.3 Å². The maximum absolute atomic E-state index is 13.5. The Labute approximate surface area is 178 Å². The van der Waals surface area contributed by atoms with Crippen LogP contribution in [0.5, 0.6) is 0 Å². The summed E-state index contributed by atoms with van der Waals surface area (Å²) in [4.78, 5) is 39.9. The molecule has 31 heavy (non-hydrogen) atoms. The van der Waals surface area contributed by atoms with Gasteiger partial charge in [-0.25, -0.2) is 0 Å². The summed E-state index contributed by atoms with van der Waals surface area (Å²) < 4.78 is 67.5. The Morgan fingerprint density at radius 3 is 2.29 bits per heavy atom. The first-order valence-corrected chi connectivity index (χ1v) is 11.6. The fourth-order valence-electron chi connectivity index (χ4n) is 5.44. The first-order valence-electron chi connectivity index (χ1n) is 10.2. The predicted octanol–water partition coefficient (Wildman–Crippen LogP) is 1.22. The molecule has 9 nitrogen and oxygen atoms in total. The molecule has 3 aliphatic carbocycles. The maximum Gasteiger partial charge on any atom is 0.402 e. The normalized spacial score (nSPS) is 34.9. The van der Waals surface area contributed by atoms with Gasteiger partial charge in [0, 0.05) is 11.5 Å². The lowest BCUT2D eigenvalue weighted by atomic mass is 9.78. The highest BCUT2D eigenvalue weighted by Crippen LogP contribution is 2.61. The van der Waals surface area contributed by atoms with Crippen LogP contribution >= 0.6 is 0 Å². The van der Waals surface area contributed by atoms with Crippen molar-refractivity contribution in [2.24, 2.45) is 29.6 Å². The zero-order valence-electron chi connectivity index (χ0n) is 17.3. The Morgan fingerprint density at radius 1 is 1.16 bits per heavy atom. The number of alkyl halides is 2. The van der Waals surface area contributed by atoms with E-state index >= 15 is 0 Å². The summed E-state index contributed by atoms with van der Waals surface area (Å²) in [6, 6.07) is -0.409. The number of carbonyl (C=O) groups is 3. The molecule has 0 aromatic heterocycles. The summed E-state index contributed by atoms with van der Waals surface area (Å²) in [6.45, 7) is 3.60. The third kappa shape index (κ3) is 3.51. The van der Waals surface area contributed by atoms with Gasteiger partial charge < -0.3 is 14.4 Å². The van der Waals surface area contributed by atoms with Crippen LogP contribution in [0.2, 0.25) is 0 Å². The maximum atomic E-state index is 13.5. The number of halogens is 2. The molecule has 0 aromatic carbocycles. The van der Waals surface area contributed by atoms with Crippen LogP contribution < -0.4 is 0 Å². The number of rotatable bonds is 6. The zero-order valence-corrected chi connectivity index (χ0v) is 18.1. The topological polar surface area (TPSA) is 127 Å². The molecule has 2 bridgehead atoms. The largest absolute Gasteiger partial charge is 0.460 e. The lowest BCUT2D eigenvalue weighted by Gasteiger charge is -2.40. The minimum Gasteiger partial charge on any atom is -0.460 e. The number of fused-ring (bicyclic) bond motifs is 1. The van der Waals surface area contributed by atoms with Gasteiger partial charge in [-0.3, -0.25) is 18.9 Å². The molecule has 6 atom stereocenters. The molecular weight excluding hydrogens is 440 g/mol. The number of nitrogens with zero attached hydrogens (tertiary/aromatic N) is 1. The quantitative estimate of drug-likeness (QED) is 0.458. The van der Waals surface area contributed by atoms with E-state index in [0.717, 1.165) is 0 Å². The van der Waals surface area contributed by atoms with E-state index in [1.54, 1.807) is 4.90 Å². The molecule has 0 spiro atoms. The van der Waals surface area contributed by atoms with Crippen molar-refractivity contribution < 1.29 is 45.6 Å². The fraction of sp³-hybridized carbons (Fsp3) is 0.842. The second kappa shape index (κ2) is 6.84. The van der Waals surface area contributed by atoms with Crippen LogP contribution in [0.3, 0.4) is 0 Å². The van der Waals surface area contributed by atoms with Crippen molar-refractivity contribution in [2.45, 2.75) is 63.0 Å². The van der Waals surface area contributed by atoms with Crippen LogP contribution in [0.25, 0.3) is 0 Å². The third-order valence-corrected chi connectivity index (χ3v) is 7.66. The highest BCUT2D eigenvalue weighted by molar-refractivity contribution is 7.86. The average Bonchev–Trinajstić information content (AvgIpc) is 3.27. The summed E-state index contributed by atoms with van der Waals surface area (Å²) in [5.41, 5.74) is -0.620. The smallest absolute Gasteiger partial charge is 0.402 e. The Balaban J connectivity index is 1.60. The molecule has 174 valence electrons. The Bertz CT molecular complexity index is 926. The minimum atomic E-state index is -5.77. The number of carbonyl (C=O) groups excluding carboxylic acids is 3. The average molecular weight is 465 g/mol. The number of hydrogen-bond donors (Lipinski definition) is 1. The van der Waals surface area contributed by atoms with Gasteiger partial charge in [0.05, 0.1) is 23.8 Å². The van der Waals surface area contributed by atoms with E-state index in [1.165, 1.54) is 0 Å². The van der Waals surface area contributed by atoms with Crippen molar-refractivity contribution in [2.75, 3.05) is 6.61 Å². The monoisotopic (exact) mass is 465 g/mol. The van der Waals surface area contributed by atoms with Crippen LogP contribution in [-0.2, 0) is 34.0 Å². The summed E-state index contributed by atoms with van der Waals surface area (Å²) >= 11 is 0. The summed E-state index contributed by atoms with van der Waals surface area (Å²) in [6.07, 6.45) is 1.06. The molecule has 0 radical (unpaired) electrons. The number of amides is 1. The van der Waals surface area contributed by atoms with E-state index < -0.39 is 69.4 Å².